The molecule has 0 spiro atoms. The Morgan fingerprint density at radius 3 is 2.89 bits per heavy atom. The largest absolute Gasteiger partial charge is 0.356 e. The molecular formula is C15H8NOS. The van der Waals surface area contributed by atoms with Crippen LogP contribution < -0.4 is 0 Å². The number of aromatic nitrogens is 1. The Morgan fingerprint density at radius 1 is 1.00 bits per heavy atom. The van der Waals surface area contributed by atoms with Crippen molar-refractivity contribution in [1.29, 1.82) is 0 Å². The molecule has 85 valence electrons. The van der Waals surface area contributed by atoms with Crippen LogP contribution >= 0.6 is 11.3 Å². The summed E-state index contributed by atoms with van der Waals surface area (Å²) in [4.78, 5) is 0. The second-order valence-electron chi connectivity index (χ2n) is 4.12. The Labute approximate surface area is 107 Å². The molecule has 0 aliphatic rings. The first-order chi connectivity index (χ1) is 8.93. The van der Waals surface area contributed by atoms with Crippen molar-refractivity contribution in [1.82, 2.24) is 5.16 Å². The van der Waals surface area contributed by atoms with Gasteiger partial charge in [-0.3, -0.25) is 0 Å². The summed E-state index contributed by atoms with van der Waals surface area (Å²) in [6.45, 7) is 0. The molecule has 0 amide bonds. The molecular weight excluding hydrogens is 242 g/mol. The van der Waals surface area contributed by atoms with Crippen molar-refractivity contribution in [2.24, 2.45) is 0 Å². The molecule has 0 aliphatic heterocycles. The van der Waals surface area contributed by atoms with Crippen LogP contribution in [0.1, 0.15) is 0 Å². The van der Waals surface area contributed by atoms with Gasteiger partial charge in [0.05, 0.1) is 5.39 Å². The molecule has 2 nitrogen and oxygen atoms in total. The molecule has 2 heterocycles. The molecule has 0 N–H and O–H groups in total. The van der Waals surface area contributed by atoms with Crippen molar-refractivity contribution >= 4 is 32.4 Å². The first kappa shape index (κ1) is 9.85. The number of rotatable bonds is 1. The fraction of sp³-hybridized carbons (Fsp3) is 0. The van der Waals surface area contributed by atoms with Gasteiger partial charge in [0.2, 0.25) is 0 Å². The molecule has 2 aromatic heterocycles. The molecule has 0 atom stereocenters. The summed E-state index contributed by atoms with van der Waals surface area (Å²) >= 11 is 1.76. The van der Waals surface area contributed by atoms with E-state index >= 15 is 0 Å². The van der Waals surface area contributed by atoms with E-state index < -0.39 is 0 Å². The fourth-order valence-corrected chi connectivity index (χ4v) is 3.20. The van der Waals surface area contributed by atoms with E-state index in [0.29, 0.717) is 0 Å². The molecule has 1 radical (unpaired) electrons. The molecule has 0 unspecified atom stereocenters. The second kappa shape index (κ2) is 3.68. The van der Waals surface area contributed by atoms with Crippen molar-refractivity contribution in [2.45, 2.75) is 0 Å². The summed E-state index contributed by atoms with van der Waals surface area (Å²) in [5, 5.41) is 8.09. The molecule has 18 heavy (non-hydrogen) atoms. The van der Waals surface area contributed by atoms with Crippen LogP contribution in [-0.4, -0.2) is 5.16 Å². The van der Waals surface area contributed by atoms with E-state index in [2.05, 4.69) is 47.1 Å². The predicted octanol–water partition coefficient (Wildman–Crippen LogP) is 4.51. The van der Waals surface area contributed by atoms with E-state index in [1.807, 2.05) is 12.1 Å². The third-order valence-electron chi connectivity index (χ3n) is 3.10. The summed E-state index contributed by atoms with van der Waals surface area (Å²) < 4.78 is 6.46. The van der Waals surface area contributed by atoms with Crippen LogP contribution in [0.15, 0.2) is 52.4 Å². The standard InChI is InChI=1S/C15H8NOS/c1-3-10-7-8-18-15(10)12(5-1)11-4-2-6-14-13(11)9-16-17-14/h1-8H. The minimum Gasteiger partial charge on any atom is -0.356 e. The van der Waals surface area contributed by atoms with Crippen molar-refractivity contribution in [3.63, 3.8) is 0 Å². The van der Waals surface area contributed by atoms with E-state index in [9.17, 15) is 0 Å². The summed E-state index contributed by atoms with van der Waals surface area (Å²) in [5.41, 5.74) is 3.12. The first-order valence-corrected chi connectivity index (χ1v) is 6.54. The van der Waals surface area contributed by atoms with Crippen LogP contribution in [0, 0.1) is 6.20 Å². The molecule has 0 bridgehead atoms. The minimum absolute atomic E-state index is 0.779. The average Bonchev–Trinajstić information content (AvgIpc) is 3.06. The third-order valence-corrected chi connectivity index (χ3v) is 4.06. The monoisotopic (exact) mass is 250 g/mol. The highest BCUT2D eigenvalue weighted by molar-refractivity contribution is 7.17. The van der Waals surface area contributed by atoms with Gasteiger partial charge < -0.3 is 4.52 Å². The third kappa shape index (κ3) is 1.31. The summed E-state index contributed by atoms with van der Waals surface area (Å²) in [5.74, 6) is 0. The smallest absolute Gasteiger partial charge is 0.168 e. The first-order valence-electron chi connectivity index (χ1n) is 5.66. The Balaban J connectivity index is 2.13. The number of benzene rings is 2. The van der Waals surface area contributed by atoms with Gasteiger partial charge in [-0.1, -0.05) is 35.5 Å². The molecule has 0 fully saturated rings. The van der Waals surface area contributed by atoms with Crippen LogP contribution in [0.5, 0.6) is 0 Å². The minimum atomic E-state index is 0.779. The lowest BCUT2D eigenvalue weighted by atomic mass is 10.0. The highest BCUT2D eigenvalue weighted by atomic mass is 32.1. The second-order valence-corrected chi connectivity index (χ2v) is 5.03. The topological polar surface area (TPSA) is 26.0 Å². The number of fused-ring (bicyclic) bond motifs is 2. The molecule has 4 aromatic rings. The molecule has 2 aromatic carbocycles. The van der Waals surface area contributed by atoms with Crippen molar-refractivity contribution in [3.8, 4) is 11.1 Å². The van der Waals surface area contributed by atoms with Crippen LogP contribution in [-0.2, 0) is 0 Å². The van der Waals surface area contributed by atoms with Gasteiger partial charge in [0.15, 0.2) is 5.58 Å². The summed E-state index contributed by atoms with van der Waals surface area (Å²) in [7, 11) is 0. The quantitative estimate of drug-likeness (QED) is 0.496. The van der Waals surface area contributed by atoms with Crippen LogP contribution in [0.25, 0.3) is 32.2 Å². The Hall–Kier alpha value is -2.13. The highest BCUT2D eigenvalue weighted by Gasteiger charge is 2.10. The van der Waals surface area contributed by atoms with Gasteiger partial charge in [0, 0.05) is 10.3 Å². The van der Waals surface area contributed by atoms with Gasteiger partial charge in [0.1, 0.15) is 6.20 Å². The lowest BCUT2D eigenvalue weighted by molar-refractivity contribution is 0.454. The predicted molar refractivity (Wildman–Crippen MR) is 73.7 cm³/mol. The van der Waals surface area contributed by atoms with Gasteiger partial charge in [-0.05, 0) is 28.5 Å². The van der Waals surface area contributed by atoms with Gasteiger partial charge in [-0.25, -0.2) is 0 Å². The number of hydrogen-bond acceptors (Lipinski definition) is 3. The molecule has 0 aliphatic carbocycles. The zero-order chi connectivity index (χ0) is 11.9. The van der Waals surface area contributed by atoms with Crippen LogP contribution in [0.2, 0.25) is 0 Å². The maximum absolute atomic E-state index is 5.17. The van der Waals surface area contributed by atoms with E-state index in [-0.39, 0.29) is 0 Å². The van der Waals surface area contributed by atoms with Crippen LogP contribution in [0.4, 0.5) is 0 Å². The van der Waals surface area contributed by atoms with E-state index in [4.69, 9.17) is 4.52 Å². The fourth-order valence-electron chi connectivity index (χ4n) is 2.27. The van der Waals surface area contributed by atoms with Gasteiger partial charge >= 0.3 is 0 Å². The van der Waals surface area contributed by atoms with E-state index in [1.54, 1.807) is 11.3 Å². The van der Waals surface area contributed by atoms with Crippen molar-refractivity contribution in [2.75, 3.05) is 0 Å². The van der Waals surface area contributed by atoms with E-state index in [1.165, 1.54) is 15.6 Å². The zero-order valence-electron chi connectivity index (χ0n) is 9.38. The SMILES string of the molecule is [c]1noc2cccc(-c3cccc4ccsc34)c12. The normalized spacial score (nSPS) is 11.3. The summed E-state index contributed by atoms with van der Waals surface area (Å²) in [6, 6.07) is 14.5. The van der Waals surface area contributed by atoms with Gasteiger partial charge in [-0.15, -0.1) is 11.3 Å². The van der Waals surface area contributed by atoms with Crippen LogP contribution in [0.3, 0.4) is 0 Å². The average molecular weight is 250 g/mol. The number of hydrogen-bond donors (Lipinski definition) is 0. The Kier molecular flexibility index (Phi) is 2.02. The lowest BCUT2D eigenvalue weighted by Gasteiger charge is -2.03. The van der Waals surface area contributed by atoms with Gasteiger partial charge in [-0.2, -0.15) is 0 Å². The molecule has 3 heteroatoms. The Bertz CT molecular complexity index is 772. The molecule has 0 saturated heterocycles. The van der Waals surface area contributed by atoms with Crippen molar-refractivity contribution < 1.29 is 4.52 Å². The van der Waals surface area contributed by atoms with E-state index in [0.717, 1.165) is 16.5 Å². The maximum atomic E-state index is 5.17. The maximum Gasteiger partial charge on any atom is 0.168 e. The number of nitrogens with zero attached hydrogens (tertiary/aromatic N) is 1. The summed E-state index contributed by atoms with van der Waals surface area (Å²) in [6.07, 6.45) is 2.93. The highest BCUT2D eigenvalue weighted by Crippen LogP contribution is 2.35. The van der Waals surface area contributed by atoms with Crippen molar-refractivity contribution in [3.05, 3.63) is 54.0 Å². The Morgan fingerprint density at radius 2 is 1.89 bits per heavy atom. The molecule has 4 rings (SSSR count). The molecule has 0 saturated carbocycles. The lowest BCUT2D eigenvalue weighted by Crippen LogP contribution is -1.79. The zero-order valence-corrected chi connectivity index (χ0v) is 10.2. The van der Waals surface area contributed by atoms with Gasteiger partial charge in [0.25, 0.3) is 0 Å². The number of thiophene rings is 1.